The Kier molecular flexibility index (Phi) is 11.0. The van der Waals surface area contributed by atoms with Crippen LogP contribution in [-0.2, 0) is 15.6 Å². The molecule has 0 unspecified atom stereocenters. The van der Waals surface area contributed by atoms with Crippen LogP contribution in [0.1, 0.15) is 70.9 Å². The molecule has 2 aliphatic rings. The number of nitrogens with zero attached hydrogens (tertiary/aromatic N) is 5. The first-order valence-electron chi connectivity index (χ1n) is 15.8. The van der Waals surface area contributed by atoms with E-state index >= 15 is 0 Å². The third-order valence-corrected chi connectivity index (χ3v) is 8.80. The Hall–Kier alpha value is -4.35. The van der Waals surface area contributed by atoms with Crippen LogP contribution in [0.4, 0.5) is 11.4 Å². The quantitative estimate of drug-likeness (QED) is 0.0597. The van der Waals surface area contributed by atoms with E-state index in [1.54, 1.807) is 0 Å². The summed E-state index contributed by atoms with van der Waals surface area (Å²) >= 11 is 0. The molecule has 0 aromatic heterocycles. The van der Waals surface area contributed by atoms with Gasteiger partial charge in [-0.25, -0.2) is 0 Å². The molecule has 0 atom stereocenters. The van der Waals surface area contributed by atoms with Crippen LogP contribution in [0.2, 0.25) is 0 Å². The third-order valence-electron chi connectivity index (χ3n) is 8.80. The van der Waals surface area contributed by atoms with Crippen molar-refractivity contribution in [3.63, 3.8) is 0 Å². The number of hydrogen-bond acceptors (Lipinski definition) is 3. The van der Waals surface area contributed by atoms with Crippen molar-refractivity contribution in [3.8, 4) is 0 Å². The number of anilines is 1. The summed E-state index contributed by atoms with van der Waals surface area (Å²) < 4.78 is 2.29. The number of azide groups is 1. The lowest BCUT2D eigenvalue weighted by molar-refractivity contribution is -0.401. The molecule has 7 nitrogen and oxygen atoms in total. The van der Waals surface area contributed by atoms with Crippen molar-refractivity contribution in [1.29, 1.82) is 0 Å². The largest absolute Gasteiger partial charge is 0.356 e. The van der Waals surface area contributed by atoms with Crippen LogP contribution in [0, 0.1) is 0 Å². The lowest BCUT2D eigenvalue weighted by atomic mass is 9.81. The maximum absolute atomic E-state index is 12.1. The van der Waals surface area contributed by atoms with Gasteiger partial charge in [0.1, 0.15) is 7.05 Å². The van der Waals surface area contributed by atoms with E-state index in [0.29, 0.717) is 25.9 Å². The Labute approximate surface area is 263 Å². The van der Waals surface area contributed by atoms with Crippen LogP contribution in [0.5, 0.6) is 0 Å². The van der Waals surface area contributed by atoms with Crippen LogP contribution in [0.15, 0.2) is 102 Å². The zero-order valence-corrected chi connectivity index (χ0v) is 27.0. The molecule has 0 spiro atoms. The zero-order chi connectivity index (χ0) is 31.6. The van der Waals surface area contributed by atoms with Crippen molar-refractivity contribution in [1.82, 2.24) is 5.32 Å². The summed E-state index contributed by atoms with van der Waals surface area (Å²) in [5.41, 5.74) is 16.1. The summed E-state index contributed by atoms with van der Waals surface area (Å²) in [5, 5.41) is 6.40. The summed E-state index contributed by atoms with van der Waals surface area (Å²) in [4.78, 5) is 17.3. The number of carbonyl (C=O) groups excluding carboxylic acids is 1. The Morgan fingerprint density at radius 2 is 1.61 bits per heavy atom. The first-order chi connectivity index (χ1) is 21.2. The van der Waals surface area contributed by atoms with Crippen molar-refractivity contribution in [2.24, 2.45) is 5.11 Å². The number of para-hydroxylation sites is 2. The van der Waals surface area contributed by atoms with Crippen molar-refractivity contribution in [3.05, 3.63) is 118 Å². The van der Waals surface area contributed by atoms with Crippen LogP contribution >= 0.6 is 0 Å². The molecule has 0 radical (unpaired) electrons. The predicted octanol–water partition coefficient (Wildman–Crippen LogP) is 8.42. The summed E-state index contributed by atoms with van der Waals surface area (Å²) in [5.74, 6) is 0.0647. The number of allylic oxidation sites excluding steroid dienone is 8. The molecule has 2 aromatic rings. The molecule has 1 amide bonds. The van der Waals surface area contributed by atoms with Crippen molar-refractivity contribution >= 4 is 23.0 Å². The molecule has 7 heteroatoms. The maximum atomic E-state index is 12.1. The van der Waals surface area contributed by atoms with Crippen LogP contribution in [0.25, 0.3) is 10.4 Å². The number of carbonyl (C=O) groups is 1. The number of amides is 1. The van der Waals surface area contributed by atoms with Crippen molar-refractivity contribution in [2.75, 3.05) is 31.6 Å². The second-order valence-electron chi connectivity index (χ2n) is 12.5. The predicted molar refractivity (Wildman–Crippen MR) is 183 cm³/mol. The fourth-order valence-corrected chi connectivity index (χ4v) is 6.41. The van der Waals surface area contributed by atoms with E-state index in [2.05, 4.69) is 151 Å². The molecule has 44 heavy (non-hydrogen) atoms. The minimum absolute atomic E-state index is 0.0240. The third kappa shape index (κ3) is 7.40. The van der Waals surface area contributed by atoms with E-state index in [0.717, 1.165) is 25.8 Å². The zero-order valence-electron chi connectivity index (χ0n) is 27.0. The van der Waals surface area contributed by atoms with Gasteiger partial charge in [0, 0.05) is 65.5 Å². The summed E-state index contributed by atoms with van der Waals surface area (Å²) in [6.45, 7) is 11.0. The normalized spacial score (nSPS) is 17.6. The summed E-state index contributed by atoms with van der Waals surface area (Å²) in [6.07, 6.45) is 19.1. The van der Waals surface area contributed by atoms with Gasteiger partial charge in [-0.2, -0.15) is 4.58 Å². The number of nitrogens with one attached hydrogen (secondary N) is 1. The van der Waals surface area contributed by atoms with Crippen LogP contribution in [-0.4, -0.2) is 42.9 Å². The van der Waals surface area contributed by atoms with E-state index in [1.807, 2.05) is 0 Å². The minimum atomic E-state index is -0.0929. The highest BCUT2D eigenvalue weighted by atomic mass is 16.1. The average molecular weight is 592 g/mol. The summed E-state index contributed by atoms with van der Waals surface area (Å²) in [7, 11) is 2.14. The Bertz CT molecular complexity index is 1530. The first kappa shape index (κ1) is 32.6. The van der Waals surface area contributed by atoms with Crippen molar-refractivity contribution in [2.45, 2.75) is 70.6 Å². The van der Waals surface area contributed by atoms with Crippen LogP contribution in [0.3, 0.4) is 0 Å². The molecule has 0 saturated carbocycles. The molecule has 0 saturated heterocycles. The lowest BCUT2D eigenvalue weighted by Gasteiger charge is -2.27. The molecule has 0 bridgehead atoms. The van der Waals surface area contributed by atoms with Gasteiger partial charge >= 0.3 is 0 Å². The maximum Gasteiger partial charge on any atom is 0.219 e. The Morgan fingerprint density at radius 3 is 2.39 bits per heavy atom. The van der Waals surface area contributed by atoms with Gasteiger partial charge < -0.3 is 10.2 Å². The molecule has 0 aliphatic carbocycles. The van der Waals surface area contributed by atoms with Gasteiger partial charge in [-0.1, -0.05) is 92.2 Å². The van der Waals surface area contributed by atoms with E-state index in [-0.39, 0.29) is 16.7 Å². The fourth-order valence-electron chi connectivity index (χ4n) is 6.41. The topological polar surface area (TPSA) is 84.1 Å². The van der Waals surface area contributed by atoms with Crippen LogP contribution < -0.4 is 10.2 Å². The van der Waals surface area contributed by atoms with E-state index in [4.69, 9.17) is 5.53 Å². The molecular formula is C37H47N6O+. The van der Waals surface area contributed by atoms with E-state index < -0.39 is 0 Å². The second-order valence-corrected chi connectivity index (χ2v) is 12.5. The van der Waals surface area contributed by atoms with Gasteiger partial charge in [-0.3, -0.25) is 4.79 Å². The Morgan fingerprint density at radius 1 is 0.909 bits per heavy atom. The smallest absolute Gasteiger partial charge is 0.219 e. The lowest BCUT2D eigenvalue weighted by Crippen LogP contribution is -2.27. The van der Waals surface area contributed by atoms with E-state index in [9.17, 15) is 4.79 Å². The van der Waals surface area contributed by atoms with E-state index in [1.165, 1.54) is 33.9 Å². The monoisotopic (exact) mass is 591 g/mol. The SMILES string of the molecule is C[N+]1=C(/C=C/C=C/C=C/C=C2/N(CCCCCC(=O)NCCCN=[N+]=[N-])c3ccccc3C2(C)C)C(C)(C)c2ccccc21. The highest BCUT2D eigenvalue weighted by molar-refractivity contribution is 6.03. The second kappa shape index (κ2) is 14.9. The average Bonchev–Trinajstić information content (AvgIpc) is 3.34. The number of unbranched alkanes of at least 4 members (excludes halogenated alkanes) is 2. The molecular weight excluding hydrogens is 544 g/mol. The molecule has 230 valence electrons. The molecule has 2 heterocycles. The highest BCUT2D eigenvalue weighted by Crippen LogP contribution is 2.47. The molecule has 4 rings (SSSR count). The fraction of sp³-hybridized carbons (Fsp3) is 0.405. The number of benzene rings is 2. The molecule has 1 N–H and O–H groups in total. The number of fused-ring (bicyclic) bond motifs is 2. The van der Waals surface area contributed by atoms with Gasteiger partial charge in [-0.05, 0) is 56.3 Å². The Balaban J connectivity index is 1.34. The van der Waals surface area contributed by atoms with Gasteiger partial charge in [0.25, 0.3) is 0 Å². The molecule has 0 fully saturated rings. The summed E-state index contributed by atoms with van der Waals surface area (Å²) in [6, 6.07) is 17.3. The number of hydrogen-bond donors (Lipinski definition) is 1. The highest BCUT2D eigenvalue weighted by Gasteiger charge is 2.42. The van der Waals surface area contributed by atoms with Crippen molar-refractivity contribution < 1.29 is 9.37 Å². The van der Waals surface area contributed by atoms with Gasteiger partial charge in [0.2, 0.25) is 11.6 Å². The molecule has 2 aliphatic heterocycles. The van der Waals surface area contributed by atoms with Gasteiger partial charge in [0.05, 0.1) is 5.41 Å². The van der Waals surface area contributed by atoms with Gasteiger partial charge in [-0.15, -0.1) is 0 Å². The first-order valence-corrected chi connectivity index (χ1v) is 15.8. The molecule has 2 aromatic carbocycles. The number of rotatable bonds is 14. The minimum Gasteiger partial charge on any atom is -0.356 e. The van der Waals surface area contributed by atoms with Gasteiger partial charge in [0.15, 0.2) is 5.71 Å². The standard InChI is InChI=1S/C37H46N6O/c1-36(2)29-19-13-15-21-31(29)42(5)33(36)23-10-7-6-8-11-24-34-37(3,4)30-20-14-16-22-32(30)43(34)28-17-9-12-25-35(44)39-26-18-27-40-41-38/h6-8,10-11,13-16,19-24H,9,12,17-18,25-28H2,1-5H3/p+1.